The van der Waals surface area contributed by atoms with Crippen LogP contribution in [0.25, 0.3) is 0 Å². The van der Waals surface area contributed by atoms with E-state index in [-0.39, 0.29) is 12.1 Å². The maximum atomic E-state index is 5.90. The zero-order chi connectivity index (χ0) is 14.1. The minimum atomic E-state index is 0.207. The molecule has 0 heterocycles. The topological polar surface area (TPSA) is 21.3 Å². The molecule has 2 nitrogen and oxygen atoms in total. The quantitative estimate of drug-likeness (QED) is 0.724. The van der Waals surface area contributed by atoms with Crippen molar-refractivity contribution in [2.45, 2.75) is 59.1 Å². The summed E-state index contributed by atoms with van der Waals surface area (Å²) in [5.74, 6) is 0. The second kappa shape index (κ2) is 9.11. The van der Waals surface area contributed by atoms with Crippen LogP contribution in [0.15, 0.2) is 24.3 Å². The summed E-state index contributed by atoms with van der Waals surface area (Å²) in [6.07, 6.45) is 3.51. The van der Waals surface area contributed by atoms with Gasteiger partial charge in [0.1, 0.15) is 0 Å². The van der Waals surface area contributed by atoms with Crippen molar-refractivity contribution in [1.29, 1.82) is 0 Å². The first-order chi connectivity index (χ1) is 9.22. The fraction of sp³-hybridized carbons (Fsp3) is 0.647. The average Bonchev–Trinajstić information content (AvgIpc) is 2.46. The molecule has 0 bridgehead atoms. The first-order valence-electron chi connectivity index (χ1n) is 7.66. The van der Waals surface area contributed by atoms with E-state index in [0.717, 1.165) is 32.4 Å². The highest BCUT2D eigenvalue weighted by Crippen LogP contribution is 2.20. The maximum absolute atomic E-state index is 5.90. The fourth-order valence-electron chi connectivity index (χ4n) is 2.22. The molecule has 19 heavy (non-hydrogen) atoms. The number of hydrogen-bond acceptors (Lipinski definition) is 2. The summed E-state index contributed by atoms with van der Waals surface area (Å²) in [6, 6.07) is 9.21. The summed E-state index contributed by atoms with van der Waals surface area (Å²) < 4.78 is 5.90. The first kappa shape index (κ1) is 16.2. The zero-order valence-corrected chi connectivity index (χ0v) is 12.9. The monoisotopic (exact) mass is 263 g/mol. The highest BCUT2D eigenvalue weighted by molar-refractivity contribution is 5.25. The summed E-state index contributed by atoms with van der Waals surface area (Å²) >= 11 is 0. The molecule has 1 N–H and O–H groups in total. The standard InChI is InChI=1S/C17H29NO/c1-5-12-18-17(14(4)19-13-6-2)16-10-8-15(7-3)9-11-16/h8-11,14,17-18H,5-7,12-13H2,1-4H3. The number of ether oxygens (including phenoxy) is 1. The lowest BCUT2D eigenvalue weighted by molar-refractivity contribution is 0.0389. The van der Waals surface area contributed by atoms with Gasteiger partial charge in [0, 0.05) is 6.61 Å². The van der Waals surface area contributed by atoms with Crippen LogP contribution >= 0.6 is 0 Å². The summed E-state index contributed by atoms with van der Waals surface area (Å²) in [6.45, 7) is 10.6. The molecule has 0 aromatic heterocycles. The largest absolute Gasteiger partial charge is 0.377 e. The van der Waals surface area contributed by atoms with Gasteiger partial charge in [-0.25, -0.2) is 0 Å². The highest BCUT2D eigenvalue weighted by atomic mass is 16.5. The average molecular weight is 263 g/mol. The minimum absolute atomic E-state index is 0.207. The molecule has 0 aliphatic heterocycles. The van der Waals surface area contributed by atoms with Crippen molar-refractivity contribution in [3.05, 3.63) is 35.4 Å². The van der Waals surface area contributed by atoms with Crippen molar-refractivity contribution in [2.75, 3.05) is 13.2 Å². The fourth-order valence-corrected chi connectivity index (χ4v) is 2.22. The zero-order valence-electron chi connectivity index (χ0n) is 12.9. The van der Waals surface area contributed by atoms with E-state index < -0.39 is 0 Å². The van der Waals surface area contributed by atoms with Crippen molar-refractivity contribution in [3.63, 3.8) is 0 Å². The van der Waals surface area contributed by atoms with Crippen LogP contribution in [0.3, 0.4) is 0 Å². The van der Waals surface area contributed by atoms with Gasteiger partial charge in [-0.1, -0.05) is 45.0 Å². The molecule has 0 aliphatic carbocycles. The van der Waals surface area contributed by atoms with E-state index in [9.17, 15) is 0 Å². The lowest BCUT2D eigenvalue weighted by Gasteiger charge is -2.26. The Bertz CT molecular complexity index is 334. The molecule has 0 fully saturated rings. The molecular formula is C17H29NO. The van der Waals surface area contributed by atoms with Crippen molar-refractivity contribution in [3.8, 4) is 0 Å². The molecule has 108 valence electrons. The molecule has 2 unspecified atom stereocenters. The Labute approximate surface area is 118 Å². The normalized spacial score (nSPS) is 14.3. The Kier molecular flexibility index (Phi) is 7.76. The predicted octanol–water partition coefficient (Wildman–Crippen LogP) is 4.10. The van der Waals surface area contributed by atoms with Crippen LogP contribution in [-0.4, -0.2) is 19.3 Å². The van der Waals surface area contributed by atoms with E-state index in [1.165, 1.54) is 11.1 Å². The van der Waals surface area contributed by atoms with E-state index in [2.05, 4.69) is 57.3 Å². The number of rotatable bonds is 9. The molecule has 0 aliphatic rings. The van der Waals surface area contributed by atoms with Crippen LogP contribution in [0.2, 0.25) is 0 Å². The molecule has 0 radical (unpaired) electrons. The smallest absolute Gasteiger partial charge is 0.0741 e. The number of aryl methyl sites for hydroxylation is 1. The van der Waals surface area contributed by atoms with Crippen LogP contribution in [-0.2, 0) is 11.2 Å². The predicted molar refractivity (Wildman–Crippen MR) is 82.6 cm³/mol. The van der Waals surface area contributed by atoms with Crippen LogP contribution < -0.4 is 5.32 Å². The van der Waals surface area contributed by atoms with Crippen LogP contribution in [0.5, 0.6) is 0 Å². The minimum Gasteiger partial charge on any atom is -0.377 e. The van der Waals surface area contributed by atoms with Crippen LogP contribution in [0.1, 0.15) is 57.7 Å². The summed E-state index contributed by atoms with van der Waals surface area (Å²) in [7, 11) is 0. The number of benzene rings is 1. The third kappa shape index (κ3) is 5.33. The van der Waals surface area contributed by atoms with Crippen molar-refractivity contribution >= 4 is 0 Å². The second-order valence-electron chi connectivity index (χ2n) is 5.10. The van der Waals surface area contributed by atoms with E-state index >= 15 is 0 Å². The van der Waals surface area contributed by atoms with Gasteiger partial charge in [-0.3, -0.25) is 0 Å². The molecule has 1 rings (SSSR count). The Morgan fingerprint density at radius 1 is 1.05 bits per heavy atom. The SMILES string of the molecule is CCCNC(c1ccc(CC)cc1)C(C)OCCC. The molecule has 2 heteroatoms. The van der Waals surface area contributed by atoms with Gasteiger partial charge in [-0.2, -0.15) is 0 Å². The second-order valence-corrected chi connectivity index (χ2v) is 5.10. The first-order valence-corrected chi connectivity index (χ1v) is 7.66. The van der Waals surface area contributed by atoms with Gasteiger partial charge in [0.2, 0.25) is 0 Å². The van der Waals surface area contributed by atoms with Crippen molar-refractivity contribution in [2.24, 2.45) is 0 Å². The van der Waals surface area contributed by atoms with E-state index in [0.29, 0.717) is 0 Å². The molecule has 1 aromatic carbocycles. The van der Waals surface area contributed by atoms with Gasteiger partial charge in [0.05, 0.1) is 12.1 Å². The molecule has 0 spiro atoms. The van der Waals surface area contributed by atoms with E-state index in [1.54, 1.807) is 0 Å². The lowest BCUT2D eigenvalue weighted by atomic mass is 10.00. The Morgan fingerprint density at radius 2 is 1.74 bits per heavy atom. The Hall–Kier alpha value is -0.860. The molecule has 1 aromatic rings. The van der Waals surface area contributed by atoms with Crippen molar-refractivity contribution in [1.82, 2.24) is 5.32 Å². The summed E-state index contributed by atoms with van der Waals surface area (Å²) in [4.78, 5) is 0. The molecule has 0 saturated carbocycles. The maximum Gasteiger partial charge on any atom is 0.0741 e. The van der Waals surface area contributed by atoms with E-state index in [1.807, 2.05) is 0 Å². The van der Waals surface area contributed by atoms with E-state index in [4.69, 9.17) is 4.74 Å². The molecular weight excluding hydrogens is 234 g/mol. The van der Waals surface area contributed by atoms with Crippen molar-refractivity contribution < 1.29 is 4.74 Å². The molecule has 0 amide bonds. The third-order valence-electron chi connectivity index (χ3n) is 3.42. The third-order valence-corrected chi connectivity index (χ3v) is 3.42. The Balaban J connectivity index is 2.75. The van der Waals surface area contributed by atoms with Gasteiger partial charge in [0.15, 0.2) is 0 Å². The van der Waals surface area contributed by atoms with Crippen LogP contribution in [0.4, 0.5) is 0 Å². The van der Waals surface area contributed by atoms with Gasteiger partial charge in [-0.15, -0.1) is 0 Å². The molecule has 2 atom stereocenters. The van der Waals surface area contributed by atoms with Gasteiger partial charge >= 0.3 is 0 Å². The van der Waals surface area contributed by atoms with Gasteiger partial charge in [-0.05, 0) is 43.9 Å². The van der Waals surface area contributed by atoms with Crippen LogP contribution in [0, 0.1) is 0 Å². The summed E-state index contributed by atoms with van der Waals surface area (Å²) in [5, 5.41) is 3.61. The summed E-state index contributed by atoms with van der Waals surface area (Å²) in [5.41, 5.74) is 2.72. The van der Waals surface area contributed by atoms with Gasteiger partial charge < -0.3 is 10.1 Å². The van der Waals surface area contributed by atoms with Gasteiger partial charge in [0.25, 0.3) is 0 Å². The Morgan fingerprint density at radius 3 is 2.26 bits per heavy atom. The number of hydrogen-bond donors (Lipinski definition) is 1. The lowest BCUT2D eigenvalue weighted by Crippen LogP contribution is -2.32. The highest BCUT2D eigenvalue weighted by Gasteiger charge is 2.18. The number of nitrogens with one attached hydrogen (secondary N) is 1. The molecule has 0 saturated heterocycles.